The smallest absolute Gasteiger partial charge is 0.257 e. The number of amides is 1. The van der Waals surface area contributed by atoms with Crippen molar-refractivity contribution in [2.45, 2.75) is 43.5 Å². The molecule has 1 amide bonds. The topological polar surface area (TPSA) is 75.3 Å². The van der Waals surface area contributed by atoms with Crippen LogP contribution in [0.2, 0.25) is 5.02 Å². The average Bonchev–Trinajstić information content (AvgIpc) is 2.66. The predicted octanol–water partition coefficient (Wildman–Crippen LogP) is 5.49. The zero-order chi connectivity index (χ0) is 22.1. The van der Waals surface area contributed by atoms with Crippen molar-refractivity contribution in [2.24, 2.45) is 5.92 Å². The predicted molar refractivity (Wildman–Crippen MR) is 115 cm³/mol. The van der Waals surface area contributed by atoms with E-state index in [9.17, 15) is 22.0 Å². The summed E-state index contributed by atoms with van der Waals surface area (Å²) in [5.74, 6) is -1.77. The van der Waals surface area contributed by atoms with E-state index in [1.165, 1.54) is 12.1 Å². The Morgan fingerprint density at radius 1 is 1.10 bits per heavy atom. The van der Waals surface area contributed by atoms with Gasteiger partial charge in [-0.1, -0.05) is 18.5 Å². The molecule has 1 aliphatic rings. The van der Waals surface area contributed by atoms with Crippen molar-refractivity contribution in [1.82, 2.24) is 4.72 Å². The number of carbonyl (C=O) groups is 1. The molecule has 0 heterocycles. The van der Waals surface area contributed by atoms with Crippen LogP contribution in [0, 0.1) is 17.6 Å². The maximum Gasteiger partial charge on any atom is 0.257 e. The monoisotopic (exact) mass is 520 g/mol. The molecule has 3 rings (SSSR count). The Kier molecular flexibility index (Phi) is 7.16. The molecule has 0 aromatic heterocycles. The summed E-state index contributed by atoms with van der Waals surface area (Å²) in [4.78, 5) is 12.0. The van der Waals surface area contributed by atoms with Gasteiger partial charge in [-0.3, -0.25) is 4.79 Å². The number of hydrogen-bond acceptors (Lipinski definition) is 3. The summed E-state index contributed by atoms with van der Waals surface area (Å²) in [5.41, 5.74) is 0.0451. The van der Waals surface area contributed by atoms with Crippen molar-refractivity contribution in [1.29, 1.82) is 0 Å². The molecule has 0 aliphatic heterocycles. The minimum atomic E-state index is -4.19. The highest BCUT2D eigenvalue weighted by Crippen LogP contribution is 2.28. The van der Waals surface area contributed by atoms with Gasteiger partial charge in [0.05, 0.1) is 15.1 Å². The standard InChI is InChI=1S/C20H20BrClF2N2O3S/c1-11-2-4-12(5-3-11)26-30(28,29)19-9-14(16(22)10-18(19)24)20(27)25-13-6-7-17(23)15(21)8-13/h6-12,26H,2-5H2,1H3,(H,25,27). The van der Waals surface area contributed by atoms with Crippen LogP contribution in [-0.2, 0) is 10.0 Å². The van der Waals surface area contributed by atoms with Crippen LogP contribution >= 0.6 is 27.5 Å². The van der Waals surface area contributed by atoms with E-state index < -0.39 is 32.5 Å². The van der Waals surface area contributed by atoms with Crippen LogP contribution in [0.4, 0.5) is 14.5 Å². The summed E-state index contributed by atoms with van der Waals surface area (Å²) in [6.07, 6.45) is 3.11. The summed E-state index contributed by atoms with van der Waals surface area (Å²) in [6.45, 7) is 2.11. The summed E-state index contributed by atoms with van der Waals surface area (Å²) in [6, 6.07) is 5.26. The van der Waals surface area contributed by atoms with Crippen molar-refractivity contribution in [2.75, 3.05) is 5.32 Å². The van der Waals surface area contributed by atoms with Gasteiger partial charge in [-0.15, -0.1) is 0 Å². The Morgan fingerprint density at radius 3 is 2.40 bits per heavy atom. The second-order valence-corrected chi connectivity index (χ2v) is 10.4. The molecule has 1 fully saturated rings. The van der Waals surface area contributed by atoms with Crippen molar-refractivity contribution in [3.63, 3.8) is 0 Å². The third-order valence-electron chi connectivity index (χ3n) is 5.07. The number of anilines is 1. The first-order valence-corrected chi connectivity index (χ1v) is 12.0. The van der Waals surface area contributed by atoms with Gasteiger partial charge in [0.25, 0.3) is 5.91 Å². The maximum atomic E-state index is 14.4. The summed E-state index contributed by atoms with van der Waals surface area (Å²) in [5, 5.41) is 2.25. The Hall–Kier alpha value is -1.55. The van der Waals surface area contributed by atoms with Gasteiger partial charge < -0.3 is 5.32 Å². The SMILES string of the molecule is CC1CCC(NS(=O)(=O)c2cc(C(=O)Nc3ccc(F)c(Br)c3)c(Cl)cc2F)CC1. The van der Waals surface area contributed by atoms with Gasteiger partial charge in [0, 0.05) is 11.7 Å². The quantitative estimate of drug-likeness (QED) is 0.546. The second kappa shape index (κ2) is 9.30. The van der Waals surface area contributed by atoms with Crippen LogP contribution in [0.15, 0.2) is 39.7 Å². The maximum absolute atomic E-state index is 14.4. The Morgan fingerprint density at radius 2 is 1.77 bits per heavy atom. The zero-order valence-corrected chi connectivity index (χ0v) is 19.2. The highest BCUT2D eigenvalue weighted by molar-refractivity contribution is 9.10. The molecule has 0 spiro atoms. The van der Waals surface area contributed by atoms with Gasteiger partial charge in [-0.2, -0.15) is 0 Å². The third kappa shape index (κ3) is 5.38. The van der Waals surface area contributed by atoms with E-state index in [4.69, 9.17) is 11.6 Å². The van der Waals surface area contributed by atoms with Crippen LogP contribution < -0.4 is 10.0 Å². The van der Waals surface area contributed by atoms with Crippen LogP contribution in [0.3, 0.4) is 0 Å². The van der Waals surface area contributed by atoms with Gasteiger partial charge in [-0.05, 0) is 77.9 Å². The van der Waals surface area contributed by atoms with E-state index in [1.807, 2.05) is 0 Å². The molecule has 0 unspecified atom stereocenters. The lowest BCUT2D eigenvalue weighted by atomic mass is 9.88. The van der Waals surface area contributed by atoms with Gasteiger partial charge in [-0.25, -0.2) is 21.9 Å². The minimum Gasteiger partial charge on any atom is -0.322 e. The highest BCUT2D eigenvalue weighted by atomic mass is 79.9. The molecule has 0 saturated heterocycles. The first-order chi connectivity index (χ1) is 14.1. The molecule has 5 nitrogen and oxygen atoms in total. The van der Waals surface area contributed by atoms with E-state index >= 15 is 0 Å². The molecule has 2 N–H and O–H groups in total. The molecule has 1 aliphatic carbocycles. The average molecular weight is 522 g/mol. The van der Waals surface area contributed by atoms with Gasteiger partial charge >= 0.3 is 0 Å². The van der Waals surface area contributed by atoms with E-state index in [-0.39, 0.29) is 26.8 Å². The molecule has 0 bridgehead atoms. The number of hydrogen-bond donors (Lipinski definition) is 2. The van der Waals surface area contributed by atoms with Crippen molar-refractivity contribution in [3.8, 4) is 0 Å². The van der Waals surface area contributed by atoms with E-state index in [0.29, 0.717) is 18.8 Å². The summed E-state index contributed by atoms with van der Waals surface area (Å²) < 4.78 is 56.0. The second-order valence-electron chi connectivity index (χ2n) is 7.42. The van der Waals surface area contributed by atoms with Gasteiger partial charge in [0.2, 0.25) is 10.0 Å². The molecular weight excluding hydrogens is 502 g/mol. The highest BCUT2D eigenvalue weighted by Gasteiger charge is 2.28. The molecule has 30 heavy (non-hydrogen) atoms. The van der Waals surface area contributed by atoms with Crippen molar-refractivity contribution >= 4 is 49.1 Å². The number of carbonyl (C=O) groups excluding carboxylic acids is 1. The fraction of sp³-hybridized carbons (Fsp3) is 0.350. The molecule has 1 saturated carbocycles. The van der Waals surface area contributed by atoms with Crippen LogP contribution in [0.1, 0.15) is 43.0 Å². The largest absolute Gasteiger partial charge is 0.322 e. The molecule has 0 atom stereocenters. The molecule has 2 aromatic carbocycles. The van der Waals surface area contributed by atoms with Gasteiger partial charge in [0.1, 0.15) is 16.5 Å². The van der Waals surface area contributed by atoms with Crippen molar-refractivity contribution in [3.05, 3.63) is 57.0 Å². The molecule has 2 aromatic rings. The minimum absolute atomic E-state index is 0.139. The van der Waals surface area contributed by atoms with E-state index in [2.05, 4.69) is 32.9 Å². The van der Waals surface area contributed by atoms with Crippen molar-refractivity contribution < 1.29 is 22.0 Å². The summed E-state index contributed by atoms with van der Waals surface area (Å²) >= 11 is 9.01. The van der Waals surface area contributed by atoms with E-state index in [1.54, 1.807) is 0 Å². The van der Waals surface area contributed by atoms with Crippen LogP contribution in [-0.4, -0.2) is 20.4 Å². The Bertz CT molecular complexity index is 1070. The van der Waals surface area contributed by atoms with Crippen LogP contribution in [0.25, 0.3) is 0 Å². The lowest BCUT2D eigenvalue weighted by Crippen LogP contribution is -2.37. The van der Waals surface area contributed by atoms with Crippen LogP contribution in [0.5, 0.6) is 0 Å². The number of nitrogens with one attached hydrogen (secondary N) is 2. The van der Waals surface area contributed by atoms with E-state index in [0.717, 1.165) is 31.0 Å². The molecule has 0 radical (unpaired) electrons. The molecular formula is C20H20BrClF2N2O3S. The first kappa shape index (κ1) is 23.1. The fourth-order valence-electron chi connectivity index (χ4n) is 3.34. The number of sulfonamides is 1. The molecule has 162 valence electrons. The summed E-state index contributed by atoms with van der Waals surface area (Å²) in [7, 11) is -4.19. The Labute approximate surface area is 187 Å². The number of rotatable bonds is 5. The first-order valence-electron chi connectivity index (χ1n) is 9.34. The Balaban J connectivity index is 1.85. The third-order valence-corrected chi connectivity index (χ3v) is 7.53. The molecule has 10 heteroatoms. The fourth-order valence-corrected chi connectivity index (χ4v) is 5.35. The number of halogens is 4. The normalized spacial score (nSPS) is 19.5. The lowest BCUT2D eigenvalue weighted by Gasteiger charge is -2.26. The zero-order valence-electron chi connectivity index (χ0n) is 16.0. The number of benzene rings is 2. The van der Waals surface area contributed by atoms with Gasteiger partial charge in [0.15, 0.2) is 0 Å². The lowest BCUT2D eigenvalue weighted by molar-refractivity contribution is 0.102.